The number of fused-ring (bicyclic) bond motifs is 5. The lowest BCUT2D eigenvalue weighted by Gasteiger charge is -2.10. The monoisotopic (exact) mass is 591 g/mol. The lowest BCUT2D eigenvalue weighted by atomic mass is 9.98. The second kappa shape index (κ2) is 10.5. The fourth-order valence-corrected chi connectivity index (χ4v) is 7.30. The van der Waals surface area contributed by atoms with E-state index in [1.54, 1.807) is 11.3 Å². The quantitative estimate of drug-likeness (QED) is 0.204. The van der Waals surface area contributed by atoms with Crippen LogP contribution in [0.1, 0.15) is 0 Å². The predicted octanol–water partition coefficient (Wildman–Crippen LogP) is 11.2. The van der Waals surface area contributed by atoms with Gasteiger partial charge in [-0.05, 0) is 63.0 Å². The molecule has 2 heterocycles. The summed E-state index contributed by atoms with van der Waals surface area (Å²) in [4.78, 5) is 15.0. The van der Waals surface area contributed by atoms with Crippen molar-refractivity contribution in [2.45, 2.75) is 0 Å². The average molecular weight is 592 g/mol. The molecule has 0 amide bonds. The highest BCUT2D eigenvalue weighted by Crippen LogP contribution is 2.36. The van der Waals surface area contributed by atoms with E-state index in [2.05, 4.69) is 121 Å². The molecule has 0 radical (unpaired) electrons. The molecule has 0 unspecified atom stereocenters. The summed E-state index contributed by atoms with van der Waals surface area (Å²) in [7, 11) is 0. The Morgan fingerprint density at radius 1 is 0.311 bits per heavy atom. The number of hydrogen-bond donors (Lipinski definition) is 0. The molecule has 0 bridgehead atoms. The van der Waals surface area contributed by atoms with E-state index in [0.29, 0.717) is 17.5 Å². The van der Waals surface area contributed by atoms with Crippen LogP contribution in [0, 0.1) is 0 Å². The molecule has 0 spiro atoms. The molecule has 0 N–H and O–H groups in total. The molecule has 0 aliphatic heterocycles. The maximum atomic E-state index is 5.06. The second-order valence-electron chi connectivity index (χ2n) is 11.3. The molecular weight excluding hydrogens is 567 g/mol. The summed E-state index contributed by atoms with van der Waals surface area (Å²) in [5, 5.41) is 7.35. The Labute approximate surface area is 264 Å². The summed E-state index contributed by atoms with van der Waals surface area (Å²) in [6.07, 6.45) is 0. The summed E-state index contributed by atoms with van der Waals surface area (Å²) in [6.45, 7) is 0. The molecule has 2 aromatic heterocycles. The topological polar surface area (TPSA) is 38.7 Å². The Kier molecular flexibility index (Phi) is 6.00. The Hall–Kier alpha value is -5.71. The Balaban J connectivity index is 1.18. The summed E-state index contributed by atoms with van der Waals surface area (Å²) < 4.78 is 2.51. The molecule has 4 heteroatoms. The summed E-state index contributed by atoms with van der Waals surface area (Å²) >= 11 is 1.80. The van der Waals surface area contributed by atoms with Gasteiger partial charge in [0, 0.05) is 36.9 Å². The highest BCUT2D eigenvalue weighted by molar-refractivity contribution is 7.25. The molecule has 3 nitrogen and oxygen atoms in total. The SMILES string of the molecule is c1ccc(-c2nc(-c3ccc4ccc(-c5ccc6ccccc6c5)cc4c3)nc(-c3ccc4c(c3)sc3ccccc34)n2)cc1. The zero-order valence-electron chi connectivity index (χ0n) is 24.2. The van der Waals surface area contributed by atoms with Crippen molar-refractivity contribution in [2.24, 2.45) is 0 Å². The van der Waals surface area contributed by atoms with E-state index in [9.17, 15) is 0 Å². The van der Waals surface area contributed by atoms with Crippen LogP contribution in [0.5, 0.6) is 0 Å². The van der Waals surface area contributed by atoms with Gasteiger partial charge in [-0.25, -0.2) is 15.0 Å². The van der Waals surface area contributed by atoms with Crippen molar-refractivity contribution < 1.29 is 0 Å². The van der Waals surface area contributed by atoms with Gasteiger partial charge >= 0.3 is 0 Å². The standard InChI is InChI=1S/C41H25N3S/c1-2-9-28(10-3-1)39-42-40(44-41(43-39)33-20-21-36-35-12-6-7-13-37(35)45-38(36)25-33)32-19-16-27-15-18-31(23-34(27)24-32)30-17-14-26-8-4-5-11-29(26)22-30/h1-25H. The largest absolute Gasteiger partial charge is 0.208 e. The van der Waals surface area contributed by atoms with Crippen molar-refractivity contribution in [3.05, 3.63) is 152 Å². The minimum absolute atomic E-state index is 0.660. The van der Waals surface area contributed by atoms with Gasteiger partial charge in [0.15, 0.2) is 17.5 Å². The maximum absolute atomic E-state index is 5.06. The average Bonchev–Trinajstić information content (AvgIpc) is 3.49. The minimum atomic E-state index is 0.660. The van der Waals surface area contributed by atoms with Crippen LogP contribution in [0.15, 0.2) is 152 Å². The highest BCUT2D eigenvalue weighted by atomic mass is 32.1. The predicted molar refractivity (Wildman–Crippen MR) is 189 cm³/mol. The molecule has 210 valence electrons. The van der Waals surface area contributed by atoms with Crippen LogP contribution in [0.25, 0.3) is 87.0 Å². The molecule has 7 aromatic carbocycles. The molecule has 0 atom stereocenters. The number of thiophene rings is 1. The van der Waals surface area contributed by atoms with E-state index in [4.69, 9.17) is 15.0 Å². The first-order valence-corrected chi connectivity index (χ1v) is 15.8. The second-order valence-corrected chi connectivity index (χ2v) is 12.4. The van der Waals surface area contributed by atoms with Crippen molar-refractivity contribution in [1.82, 2.24) is 15.0 Å². The summed E-state index contributed by atoms with van der Waals surface area (Å²) in [6, 6.07) is 53.5. The molecule has 0 fully saturated rings. The van der Waals surface area contributed by atoms with Crippen LogP contribution in [-0.4, -0.2) is 15.0 Å². The van der Waals surface area contributed by atoms with Gasteiger partial charge in [-0.1, -0.05) is 121 Å². The van der Waals surface area contributed by atoms with Crippen molar-refractivity contribution in [2.75, 3.05) is 0 Å². The summed E-state index contributed by atoms with van der Waals surface area (Å²) in [5.74, 6) is 1.99. The third-order valence-corrected chi connectivity index (χ3v) is 9.62. The van der Waals surface area contributed by atoms with Crippen molar-refractivity contribution in [3.63, 3.8) is 0 Å². The fraction of sp³-hybridized carbons (Fsp3) is 0. The molecule has 9 rings (SSSR count). The molecule has 9 aromatic rings. The van der Waals surface area contributed by atoms with Crippen LogP contribution in [0.2, 0.25) is 0 Å². The van der Waals surface area contributed by atoms with Gasteiger partial charge in [-0.2, -0.15) is 0 Å². The van der Waals surface area contributed by atoms with Gasteiger partial charge in [0.1, 0.15) is 0 Å². The molecule has 0 saturated heterocycles. The van der Waals surface area contributed by atoms with E-state index in [1.807, 2.05) is 30.3 Å². The first-order chi connectivity index (χ1) is 22.2. The van der Waals surface area contributed by atoms with Crippen molar-refractivity contribution >= 4 is 53.1 Å². The molecule has 0 aliphatic rings. The maximum Gasteiger partial charge on any atom is 0.164 e. The normalized spacial score (nSPS) is 11.6. The number of rotatable bonds is 4. The zero-order valence-corrected chi connectivity index (χ0v) is 25.0. The minimum Gasteiger partial charge on any atom is -0.208 e. The van der Waals surface area contributed by atoms with E-state index >= 15 is 0 Å². The number of hydrogen-bond acceptors (Lipinski definition) is 4. The highest BCUT2D eigenvalue weighted by Gasteiger charge is 2.14. The fourth-order valence-electron chi connectivity index (χ4n) is 6.15. The molecular formula is C41H25N3S. The Morgan fingerprint density at radius 2 is 0.822 bits per heavy atom. The Bertz CT molecular complexity index is 2550. The molecule has 0 saturated carbocycles. The van der Waals surface area contributed by atoms with Gasteiger partial charge < -0.3 is 0 Å². The third kappa shape index (κ3) is 4.64. The smallest absolute Gasteiger partial charge is 0.164 e. The van der Waals surface area contributed by atoms with E-state index < -0.39 is 0 Å². The van der Waals surface area contributed by atoms with Crippen LogP contribution in [0.4, 0.5) is 0 Å². The lowest BCUT2D eigenvalue weighted by Crippen LogP contribution is -2.00. The van der Waals surface area contributed by atoms with E-state index in [-0.39, 0.29) is 0 Å². The van der Waals surface area contributed by atoms with E-state index in [0.717, 1.165) is 22.1 Å². The number of nitrogens with zero attached hydrogens (tertiary/aromatic N) is 3. The van der Waals surface area contributed by atoms with Crippen LogP contribution in [0.3, 0.4) is 0 Å². The van der Waals surface area contributed by atoms with Crippen molar-refractivity contribution in [1.29, 1.82) is 0 Å². The van der Waals surface area contributed by atoms with E-state index in [1.165, 1.54) is 47.5 Å². The van der Waals surface area contributed by atoms with Crippen LogP contribution < -0.4 is 0 Å². The first kappa shape index (κ1) is 25.8. The first-order valence-electron chi connectivity index (χ1n) is 15.0. The lowest BCUT2D eigenvalue weighted by molar-refractivity contribution is 1.08. The van der Waals surface area contributed by atoms with Crippen LogP contribution >= 0.6 is 11.3 Å². The van der Waals surface area contributed by atoms with Crippen molar-refractivity contribution in [3.8, 4) is 45.3 Å². The zero-order chi connectivity index (χ0) is 29.7. The van der Waals surface area contributed by atoms with Gasteiger partial charge in [0.2, 0.25) is 0 Å². The number of benzene rings is 7. The summed E-state index contributed by atoms with van der Waals surface area (Å²) in [5.41, 5.74) is 5.29. The van der Waals surface area contributed by atoms with Gasteiger partial charge in [0.25, 0.3) is 0 Å². The van der Waals surface area contributed by atoms with Crippen LogP contribution in [-0.2, 0) is 0 Å². The molecule has 0 aliphatic carbocycles. The number of aromatic nitrogens is 3. The van der Waals surface area contributed by atoms with Gasteiger partial charge in [-0.3, -0.25) is 0 Å². The third-order valence-electron chi connectivity index (χ3n) is 8.49. The Morgan fingerprint density at radius 3 is 1.60 bits per heavy atom. The molecule has 45 heavy (non-hydrogen) atoms. The van der Waals surface area contributed by atoms with Gasteiger partial charge in [-0.15, -0.1) is 11.3 Å². The van der Waals surface area contributed by atoms with Gasteiger partial charge in [0.05, 0.1) is 0 Å².